The zero-order valence-corrected chi connectivity index (χ0v) is 19.0. The van der Waals surface area contributed by atoms with E-state index in [9.17, 15) is 13.2 Å². The Morgan fingerprint density at radius 3 is 2.48 bits per heavy atom. The molecule has 31 heavy (non-hydrogen) atoms. The molecule has 9 nitrogen and oxygen atoms in total. The quantitative estimate of drug-likeness (QED) is 0.678. The first-order valence-corrected chi connectivity index (χ1v) is 11.4. The van der Waals surface area contributed by atoms with Gasteiger partial charge in [-0.15, -0.1) is 0 Å². The van der Waals surface area contributed by atoms with E-state index in [1.54, 1.807) is 51.2 Å². The Hall–Kier alpha value is -2.85. The maximum atomic E-state index is 13.1. The summed E-state index contributed by atoms with van der Waals surface area (Å²) < 4.78 is 38.1. The monoisotopic (exact) mass is 448 g/mol. The molecule has 0 unspecified atom stereocenters. The summed E-state index contributed by atoms with van der Waals surface area (Å²) in [5, 5.41) is 6.72. The number of hydrogen-bond acceptors (Lipinski definition) is 6. The van der Waals surface area contributed by atoms with Crippen LogP contribution in [-0.4, -0.2) is 74.1 Å². The van der Waals surface area contributed by atoms with E-state index >= 15 is 0 Å². The van der Waals surface area contributed by atoms with Crippen molar-refractivity contribution in [2.24, 2.45) is 0 Å². The number of benzene rings is 1. The summed E-state index contributed by atoms with van der Waals surface area (Å²) in [6, 6.07) is 5.39. The van der Waals surface area contributed by atoms with Gasteiger partial charge in [-0.05, 0) is 44.0 Å². The molecule has 3 rings (SSSR count). The van der Waals surface area contributed by atoms with Gasteiger partial charge in [-0.2, -0.15) is 9.40 Å². The first kappa shape index (κ1) is 22.8. The van der Waals surface area contributed by atoms with Gasteiger partial charge >= 0.3 is 0 Å². The number of rotatable bonds is 6. The smallest absolute Gasteiger partial charge is 0.246 e. The minimum atomic E-state index is -3.66. The number of sulfonamides is 1. The second kappa shape index (κ2) is 9.52. The molecule has 1 aromatic heterocycles. The lowest BCUT2D eigenvalue weighted by molar-refractivity contribution is -0.125. The summed E-state index contributed by atoms with van der Waals surface area (Å²) >= 11 is 0. The van der Waals surface area contributed by atoms with E-state index in [1.165, 1.54) is 10.4 Å². The van der Waals surface area contributed by atoms with Crippen LogP contribution in [0.2, 0.25) is 0 Å². The number of ether oxygens (including phenoxy) is 2. The molecule has 1 saturated heterocycles. The van der Waals surface area contributed by atoms with Crippen molar-refractivity contribution in [2.75, 3.05) is 40.4 Å². The number of amides is 1. The van der Waals surface area contributed by atoms with Crippen molar-refractivity contribution in [1.29, 1.82) is 0 Å². The second-order valence-electron chi connectivity index (χ2n) is 7.29. The molecule has 1 fully saturated rings. The number of H-pyrrole nitrogens is 1. The van der Waals surface area contributed by atoms with Crippen molar-refractivity contribution >= 4 is 22.0 Å². The summed E-state index contributed by atoms with van der Waals surface area (Å²) in [4.78, 5) is 14.6. The van der Waals surface area contributed by atoms with Crippen LogP contribution in [-0.2, 0) is 14.8 Å². The van der Waals surface area contributed by atoms with Crippen molar-refractivity contribution in [3.8, 4) is 11.5 Å². The molecule has 2 aromatic rings. The van der Waals surface area contributed by atoms with Crippen LogP contribution >= 0.6 is 0 Å². The molecule has 0 saturated carbocycles. The molecule has 0 aliphatic carbocycles. The molecule has 0 bridgehead atoms. The molecule has 168 valence electrons. The van der Waals surface area contributed by atoms with Crippen LogP contribution in [0.15, 0.2) is 29.2 Å². The average Bonchev–Trinajstić information content (AvgIpc) is 2.95. The van der Waals surface area contributed by atoms with Gasteiger partial charge < -0.3 is 14.4 Å². The Labute approximate surface area is 182 Å². The van der Waals surface area contributed by atoms with Gasteiger partial charge in [-0.1, -0.05) is 6.07 Å². The number of nitrogens with one attached hydrogen (secondary N) is 1. The van der Waals surface area contributed by atoms with Crippen molar-refractivity contribution in [3.63, 3.8) is 0 Å². The van der Waals surface area contributed by atoms with E-state index in [4.69, 9.17) is 9.47 Å². The number of aromatic nitrogens is 2. The van der Waals surface area contributed by atoms with Crippen molar-refractivity contribution < 1.29 is 22.7 Å². The fourth-order valence-corrected chi connectivity index (χ4v) is 5.43. The lowest BCUT2D eigenvalue weighted by atomic mass is 10.2. The molecule has 2 heterocycles. The molecule has 0 radical (unpaired) electrons. The Kier molecular flexibility index (Phi) is 7.01. The van der Waals surface area contributed by atoms with Crippen molar-refractivity contribution in [3.05, 3.63) is 41.2 Å². The molecular weight excluding hydrogens is 420 g/mol. The van der Waals surface area contributed by atoms with Crippen LogP contribution in [0.1, 0.15) is 23.4 Å². The third kappa shape index (κ3) is 4.91. The first-order chi connectivity index (χ1) is 14.8. The Bertz CT molecular complexity index is 1060. The van der Waals surface area contributed by atoms with Gasteiger partial charge in [0.05, 0.1) is 25.6 Å². The zero-order chi connectivity index (χ0) is 22.6. The van der Waals surface area contributed by atoms with Gasteiger partial charge in [0.1, 0.15) is 4.90 Å². The lowest BCUT2D eigenvalue weighted by Crippen LogP contribution is -2.37. The third-order valence-corrected chi connectivity index (χ3v) is 7.41. The number of aryl methyl sites for hydroxylation is 2. The predicted molar refractivity (Wildman–Crippen MR) is 117 cm³/mol. The number of carbonyl (C=O) groups is 1. The number of carbonyl (C=O) groups excluding carboxylic acids is 1. The number of hydrogen-bond donors (Lipinski definition) is 1. The molecular formula is C21H28N4O5S. The highest BCUT2D eigenvalue weighted by atomic mass is 32.2. The summed E-state index contributed by atoms with van der Waals surface area (Å²) in [5.41, 5.74) is 1.77. The van der Waals surface area contributed by atoms with Gasteiger partial charge in [0.25, 0.3) is 0 Å². The predicted octanol–water partition coefficient (Wildman–Crippen LogP) is 1.98. The van der Waals surface area contributed by atoms with E-state index in [1.807, 2.05) is 6.07 Å². The molecule has 1 aliphatic heterocycles. The summed E-state index contributed by atoms with van der Waals surface area (Å²) in [5.74, 6) is 1.03. The number of methoxy groups -OCH3 is 2. The van der Waals surface area contributed by atoms with Crippen LogP contribution in [0.4, 0.5) is 0 Å². The molecule has 10 heteroatoms. The van der Waals surface area contributed by atoms with E-state index in [0.717, 1.165) is 5.56 Å². The molecule has 0 spiro atoms. The third-order valence-electron chi connectivity index (χ3n) is 5.25. The fraction of sp³-hybridized carbons (Fsp3) is 0.429. The lowest BCUT2D eigenvalue weighted by Gasteiger charge is -2.21. The summed E-state index contributed by atoms with van der Waals surface area (Å²) in [6.45, 7) is 4.77. The molecule has 1 amide bonds. The summed E-state index contributed by atoms with van der Waals surface area (Å²) in [7, 11) is -0.544. The topological polar surface area (TPSA) is 105 Å². The van der Waals surface area contributed by atoms with Crippen LogP contribution in [0.3, 0.4) is 0 Å². The average molecular weight is 449 g/mol. The van der Waals surface area contributed by atoms with Crippen LogP contribution < -0.4 is 9.47 Å². The Morgan fingerprint density at radius 1 is 1.10 bits per heavy atom. The zero-order valence-electron chi connectivity index (χ0n) is 18.2. The van der Waals surface area contributed by atoms with Crippen molar-refractivity contribution in [2.45, 2.75) is 25.2 Å². The van der Waals surface area contributed by atoms with Gasteiger partial charge in [-0.3, -0.25) is 9.89 Å². The van der Waals surface area contributed by atoms with Crippen molar-refractivity contribution in [1.82, 2.24) is 19.4 Å². The van der Waals surface area contributed by atoms with E-state index in [0.29, 0.717) is 48.9 Å². The minimum absolute atomic E-state index is 0.162. The molecule has 0 atom stereocenters. The number of nitrogens with zero attached hydrogens (tertiary/aromatic N) is 3. The highest BCUT2D eigenvalue weighted by Gasteiger charge is 2.31. The normalized spacial score (nSPS) is 15.8. The SMILES string of the molecule is COc1ccc(/C=C/C(=O)N2CCCN(S(=O)(=O)c3c(C)n[nH]c3C)CC2)cc1OC. The van der Waals surface area contributed by atoms with E-state index < -0.39 is 10.0 Å². The Balaban J connectivity index is 1.68. The highest BCUT2D eigenvalue weighted by molar-refractivity contribution is 7.89. The van der Waals surface area contributed by atoms with Crippen LogP contribution in [0.25, 0.3) is 6.08 Å². The maximum absolute atomic E-state index is 13.1. The molecule has 1 N–H and O–H groups in total. The Morgan fingerprint density at radius 2 is 1.84 bits per heavy atom. The fourth-order valence-electron chi connectivity index (χ4n) is 3.63. The van der Waals surface area contributed by atoms with Crippen LogP contribution in [0, 0.1) is 13.8 Å². The standard InChI is InChI=1S/C21H28N4O5S/c1-15-21(16(2)23-22-15)31(27,28)25-11-5-10-24(12-13-25)20(26)9-7-17-6-8-18(29-3)19(14-17)30-4/h6-9,14H,5,10-13H2,1-4H3,(H,22,23)/b9-7+. The summed E-state index contributed by atoms with van der Waals surface area (Å²) in [6.07, 6.45) is 3.77. The molecule has 1 aromatic carbocycles. The van der Waals surface area contributed by atoms with E-state index in [-0.39, 0.29) is 17.3 Å². The minimum Gasteiger partial charge on any atom is -0.493 e. The first-order valence-electron chi connectivity index (χ1n) is 9.98. The van der Waals surface area contributed by atoms with Gasteiger partial charge in [0, 0.05) is 32.3 Å². The molecule has 1 aliphatic rings. The van der Waals surface area contributed by atoms with E-state index in [2.05, 4.69) is 10.2 Å². The van der Waals surface area contributed by atoms with Crippen LogP contribution in [0.5, 0.6) is 11.5 Å². The largest absolute Gasteiger partial charge is 0.493 e. The second-order valence-corrected chi connectivity index (χ2v) is 9.17. The highest BCUT2D eigenvalue weighted by Crippen LogP contribution is 2.28. The number of aromatic amines is 1. The van der Waals surface area contributed by atoms with Gasteiger partial charge in [-0.25, -0.2) is 8.42 Å². The maximum Gasteiger partial charge on any atom is 0.246 e. The van der Waals surface area contributed by atoms with Gasteiger partial charge in [0.15, 0.2) is 11.5 Å². The van der Waals surface area contributed by atoms with Gasteiger partial charge in [0.2, 0.25) is 15.9 Å².